The van der Waals surface area contributed by atoms with Crippen molar-refractivity contribution in [2.75, 3.05) is 18.4 Å². The summed E-state index contributed by atoms with van der Waals surface area (Å²) in [7, 11) is 0. The third-order valence-electron chi connectivity index (χ3n) is 4.84. The van der Waals surface area contributed by atoms with Gasteiger partial charge in [0, 0.05) is 30.4 Å². The van der Waals surface area contributed by atoms with E-state index in [9.17, 15) is 9.18 Å². The van der Waals surface area contributed by atoms with Gasteiger partial charge in [-0.2, -0.15) is 0 Å². The van der Waals surface area contributed by atoms with Crippen molar-refractivity contribution in [3.05, 3.63) is 65.5 Å². The van der Waals surface area contributed by atoms with Crippen LogP contribution >= 0.6 is 12.2 Å². The van der Waals surface area contributed by atoms with Crippen molar-refractivity contribution in [1.29, 1.82) is 0 Å². The lowest BCUT2D eigenvalue weighted by Crippen LogP contribution is -2.47. The van der Waals surface area contributed by atoms with E-state index in [0.29, 0.717) is 10.7 Å². The molecule has 27 heavy (non-hydrogen) atoms. The summed E-state index contributed by atoms with van der Waals surface area (Å²) in [4.78, 5) is 14.4. The van der Waals surface area contributed by atoms with Gasteiger partial charge in [-0.3, -0.25) is 4.79 Å². The van der Waals surface area contributed by atoms with Gasteiger partial charge >= 0.3 is 0 Å². The first-order valence-electron chi connectivity index (χ1n) is 9.26. The number of nitrogens with zero attached hydrogens (tertiary/aromatic N) is 1. The van der Waals surface area contributed by atoms with E-state index >= 15 is 0 Å². The zero-order valence-electron chi connectivity index (χ0n) is 15.4. The molecule has 0 unspecified atom stereocenters. The van der Waals surface area contributed by atoms with Crippen molar-refractivity contribution in [1.82, 2.24) is 10.2 Å². The maximum Gasteiger partial charge on any atom is 0.251 e. The van der Waals surface area contributed by atoms with Gasteiger partial charge in [0.25, 0.3) is 5.91 Å². The monoisotopic (exact) mass is 385 g/mol. The molecule has 0 aliphatic carbocycles. The first-order valence-corrected chi connectivity index (χ1v) is 9.67. The fourth-order valence-corrected chi connectivity index (χ4v) is 3.42. The largest absolute Gasteiger partial charge is 0.349 e. The van der Waals surface area contributed by atoms with Crippen molar-refractivity contribution in [3.63, 3.8) is 0 Å². The molecular formula is C21H24FN3OS. The number of anilines is 1. The summed E-state index contributed by atoms with van der Waals surface area (Å²) in [6.07, 6.45) is 2.66. The Labute approximate surface area is 164 Å². The number of nitrogens with one attached hydrogen (secondary N) is 2. The molecular weight excluding hydrogens is 361 g/mol. The maximum absolute atomic E-state index is 13.0. The van der Waals surface area contributed by atoms with Gasteiger partial charge in [-0.1, -0.05) is 19.1 Å². The molecule has 3 rings (SSSR count). The van der Waals surface area contributed by atoms with E-state index < -0.39 is 0 Å². The van der Waals surface area contributed by atoms with Crippen molar-refractivity contribution >= 4 is 28.9 Å². The highest BCUT2D eigenvalue weighted by atomic mass is 32.1. The van der Waals surface area contributed by atoms with Crippen LogP contribution in [-0.4, -0.2) is 35.1 Å². The summed E-state index contributed by atoms with van der Waals surface area (Å²) in [5.41, 5.74) is 2.76. The maximum atomic E-state index is 13.0. The third-order valence-corrected chi connectivity index (χ3v) is 5.20. The lowest BCUT2D eigenvalue weighted by Gasteiger charge is -2.34. The third kappa shape index (κ3) is 5.26. The molecule has 1 aliphatic heterocycles. The van der Waals surface area contributed by atoms with Gasteiger partial charge in [-0.15, -0.1) is 0 Å². The van der Waals surface area contributed by atoms with Crippen molar-refractivity contribution < 1.29 is 9.18 Å². The van der Waals surface area contributed by atoms with E-state index in [0.717, 1.165) is 38.0 Å². The first-order chi connectivity index (χ1) is 13.0. The summed E-state index contributed by atoms with van der Waals surface area (Å²) in [5.74, 6) is -0.504. The Morgan fingerprint density at radius 2 is 1.74 bits per heavy atom. The summed E-state index contributed by atoms with van der Waals surface area (Å²) in [6, 6.07) is 14.0. The Balaban J connectivity index is 1.47. The van der Waals surface area contributed by atoms with Gasteiger partial charge in [0.15, 0.2) is 5.11 Å². The number of halogens is 1. The lowest BCUT2D eigenvalue weighted by atomic mass is 10.0. The molecule has 2 aromatic carbocycles. The Kier molecular flexibility index (Phi) is 6.40. The number of carbonyl (C=O) groups excluding carboxylic acids is 1. The normalized spacial score (nSPS) is 14.7. The minimum Gasteiger partial charge on any atom is -0.349 e. The molecule has 0 radical (unpaired) electrons. The SMILES string of the molecule is CCc1ccc(NC(=S)N2CCC(NC(=O)c3ccc(F)cc3)CC2)cc1. The van der Waals surface area contributed by atoms with E-state index in [1.54, 1.807) is 0 Å². The van der Waals surface area contributed by atoms with E-state index in [2.05, 4.69) is 34.6 Å². The number of rotatable bonds is 4. The molecule has 1 heterocycles. The summed E-state index contributed by atoms with van der Waals surface area (Å²) < 4.78 is 13.0. The molecule has 0 aromatic heterocycles. The molecule has 1 saturated heterocycles. The molecule has 1 aliphatic rings. The first kappa shape index (κ1) is 19.3. The van der Waals surface area contributed by atoms with E-state index in [1.165, 1.54) is 29.8 Å². The number of amides is 1. The van der Waals surface area contributed by atoms with E-state index in [4.69, 9.17) is 12.2 Å². The Bertz CT molecular complexity index is 784. The highest BCUT2D eigenvalue weighted by molar-refractivity contribution is 7.80. The van der Waals surface area contributed by atoms with Gasteiger partial charge in [0.05, 0.1) is 0 Å². The van der Waals surface area contributed by atoms with Crippen LogP contribution in [0.25, 0.3) is 0 Å². The molecule has 0 saturated carbocycles. The number of aryl methyl sites for hydroxylation is 1. The molecule has 2 N–H and O–H groups in total. The van der Waals surface area contributed by atoms with Crippen LogP contribution in [0.5, 0.6) is 0 Å². The van der Waals surface area contributed by atoms with Crippen LogP contribution in [0.3, 0.4) is 0 Å². The zero-order chi connectivity index (χ0) is 19.2. The minimum atomic E-state index is -0.342. The number of thiocarbonyl (C=S) groups is 1. The van der Waals surface area contributed by atoms with Gasteiger partial charge in [-0.25, -0.2) is 4.39 Å². The topological polar surface area (TPSA) is 44.4 Å². The number of piperidine rings is 1. The number of hydrogen-bond donors (Lipinski definition) is 2. The summed E-state index contributed by atoms with van der Waals surface area (Å²) in [6.45, 7) is 3.70. The molecule has 0 atom stereocenters. The van der Waals surface area contributed by atoms with Crippen LogP contribution < -0.4 is 10.6 Å². The van der Waals surface area contributed by atoms with Crippen molar-refractivity contribution in [2.24, 2.45) is 0 Å². The highest BCUT2D eigenvalue weighted by Gasteiger charge is 2.22. The Morgan fingerprint density at radius 1 is 1.11 bits per heavy atom. The molecule has 6 heteroatoms. The molecule has 0 bridgehead atoms. The van der Waals surface area contributed by atoms with Crippen molar-refractivity contribution in [2.45, 2.75) is 32.2 Å². The summed E-state index contributed by atoms with van der Waals surface area (Å²) >= 11 is 5.52. The molecule has 0 spiro atoms. The molecule has 4 nitrogen and oxygen atoms in total. The quantitative estimate of drug-likeness (QED) is 0.782. The minimum absolute atomic E-state index is 0.102. The van der Waals surface area contributed by atoms with Gasteiger partial charge in [-0.05, 0) is 73.4 Å². The van der Waals surface area contributed by atoms with Crippen LogP contribution in [-0.2, 0) is 6.42 Å². The standard InChI is InChI=1S/C21H24FN3OS/c1-2-15-3-9-18(10-4-15)24-21(27)25-13-11-19(12-14-25)23-20(26)16-5-7-17(22)8-6-16/h3-10,19H,2,11-14H2,1H3,(H,23,26)(H,24,27). The second-order valence-corrected chi connectivity index (χ2v) is 7.11. The van der Waals surface area contributed by atoms with Crippen LogP contribution in [0.4, 0.5) is 10.1 Å². The molecule has 1 fully saturated rings. The number of likely N-dealkylation sites (tertiary alicyclic amines) is 1. The predicted octanol–water partition coefficient (Wildman–Crippen LogP) is 3.98. The fourth-order valence-electron chi connectivity index (χ4n) is 3.12. The lowest BCUT2D eigenvalue weighted by molar-refractivity contribution is 0.0922. The van der Waals surface area contributed by atoms with Gasteiger partial charge in [0.2, 0.25) is 0 Å². The van der Waals surface area contributed by atoms with E-state index in [1.807, 2.05) is 12.1 Å². The van der Waals surface area contributed by atoms with E-state index in [-0.39, 0.29) is 17.8 Å². The summed E-state index contributed by atoms with van der Waals surface area (Å²) in [5, 5.41) is 7.02. The zero-order valence-corrected chi connectivity index (χ0v) is 16.2. The van der Waals surface area contributed by atoms with Crippen LogP contribution in [0.1, 0.15) is 35.7 Å². The average Bonchev–Trinajstić information content (AvgIpc) is 2.69. The second kappa shape index (κ2) is 8.95. The fraction of sp³-hybridized carbons (Fsp3) is 0.333. The Hall–Kier alpha value is -2.47. The molecule has 2 aromatic rings. The van der Waals surface area contributed by atoms with Crippen molar-refractivity contribution in [3.8, 4) is 0 Å². The Morgan fingerprint density at radius 3 is 2.33 bits per heavy atom. The molecule has 142 valence electrons. The van der Waals surface area contributed by atoms with Crippen LogP contribution in [0.2, 0.25) is 0 Å². The van der Waals surface area contributed by atoms with Gasteiger partial charge in [0.1, 0.15) is 5.82 Å². The predicted molar refractivity (Wildman–Crippen MR) is 111 cm³/mol. The number of benzene rings is 2. The van der Waals surface area contributed by atoms with Gasteiger partial charge < -0.3 is 15.5 Å². The average molecular weight is 386 g/mol. The smallest absolute Gasteiger partial charge is 0.251 e. The molecule has 1 amide bonds. The van der Waals surface area contributed by atoms with Crippen LogP contribution in [0, 0.1) is 5.82 Å². The number of hydrogen-bond acceptors (Lipinski definition) is 2. The number of carbonyl (C=O) groups is 1. The second-order valence-electron chi connectivity index (χ2n) is 6.72. The van der Waals surface area contributed by atoms with Crippen LogP contribution in [0.15, 0.2) is 48.5 Å². The highest BCUT2D eigenvalue weighted by Crippen LogP contribution is 2.15.